The van der Waals surface area contributed by atoms with Gasteiger partial charge in [0.1, 0.15) is 0 Å². The van der Waals surface area contributed by atoms with E-state index in [2.05, 4.69) is 0 Å². The summed E-state index contributed by atoms with van der Waals surface area (Å²) in [5.74, 6) is -0.935. The molecular formula is C12H17NO4S. The fourth-order valence-electron chi connectivity index (χ4n) is 1.50. The summed E-state index contributed by atoms with van der Waals surface area (Å²) in [6.07, 6.45) is 0.730. The topological polar surface area (TPSA) is 74.7 Å². The zero-order valence-electron chi connectivity index (χ0n) is 10.2. The highest BCUT2D eigenvalue weighted by molar-refractivity contribution is 7.92. The van der Waals surface area contributed by atoms with Gasteiger partial charge in [-0.2, -0.15) is 0 Å². The van der Waals surface area contributed by atoms with Gasteiger partial charge in [-0.05, 0) is 25.0 Å². The Labute approximate surface area is 107 Å². The minimum absolute atomic E-state index is 0.00453. The predicted molar refractivity (Wildman–Crippen MR) is 70.1 cm³/mol. The lowest BCUT2D eigenvalue weighted by atomic mass is 10.3. The fraction of sp³-hybridized carbons (Fsp3) is 0.417. The van der Waals surface area contributed by atoms with Crippen LogP contribution in [0.5, 0.6) is 0 Å². The molecule has 0 aliphatic carbocycles. The molecule has 0 fully saturated rings. The average Bonchev–Trinajstić information content (AvgIpc) is 2.34. The average molecular weight is 271 g/mol. The molecule has 1 N–H and O–H groups in total. The van der Waals surface area contributed by atoms with Gasteiger partial charge in [0.2, 0.25) is 10.0 Å². The van der Waals surface area contributed by atoms with Crippen LogP contribution in [0.4, 0.5) is 5.69 Å². The summed E-state index contributed by atoms with van der Waals surface area (Å²) >= 11 is 0. The third kappa shape index (κ3) is 4.37. The highest BCUT2D eigenvalue weighted by Crippen LogP contribution is 2.16. The second-order valence-corrected chi connectivity index (χ2v) is 6.09. The molecule has 18 heavy (non-hydrogen) atoms. The van der Waals surface area contributed by atoms with E-state index < -0.39 is 16.0 Å². The number of para-hydroxylation sites is 1. The van der Waals surface area contributed by atoms with Gasteiger partial charge in [0, 0.05) is 13.5 Å². The van der Waals surface area contributed by atoms with Crippen molar-refractivity contribution < 1.29 is 18.3 Å². The van der Waals surface area contributed by atoms with Crippen LogP contribution in [0.2, 0.25) is 0 Å². The summed E-state index contributed by atoms with van der Waals surface area (Å²) in [6, 6.07) is 8.79. The number of anilines is 1. The number of carboxylic acid groups (broad SMARTS) is 1. The van der Waals surface area contributed by atoms with Gasteiger partial charge in [0.05, 0.1) is 11.4 Å². The van der Waals surface area contributed by atoms with E-state index in [-0.39, 0.29) is 12.2 Å². The molecule has 100 valence electrons. The number of hydrogen-bond acceptors (Lipinski definition) is 3. The Morgan fingerprint density at radius 2 is 1.83 bits per heavy atom. The SMILES string of the molecule is CN(c1ccccc1)S(=O)(=O)CCCCC(=O)O. The summed E-state index contributed by atoms with van der Waals surface area (Å²) in [5.41, 5.74) is 0.607. The molecule has 0 radical (unpaired) electrons. The number of rotatable bonds is 7. The molecule has 0 saturated carbocycles. The van der Waals surface area contributed by atoms with Crippen molar-refractivity contribution in [3.8, 4) is 0 Å². The van der Waals surface area contributed by atoms with Crippen LogP contribution in [-0.4, -0.2) is 32.3 Å². The standard InChI is InChI=1S/C12H17NO4S/c1-13(11-7-3-2-4-8-11)18(16,17)10-6-5-9-12(14)15/h2-4,7-8H,5-6,9-10H2,1H3,(H,14,15). The molecule has 0 spiro atoms. The van der Waals surface area contributed by atoms with Crippen molar-refractivity contribution in [1.29, 1.82) is 0 Å². The number of sulfonamides is 1. The quantitative estimate of drug-likeness (QED) is 0.766. The summed E-state index contributed by atoms with van der Waals surface area (Å²) in [6.45, 7) is 0. The molecule has 1 aromatic carbocycles. The Hall–Kier alpha value is -1.56. The number of benzene rings is 1. The molecule has 1 rings (SSSR count). The minimum atomic E-state index is -3.37. The first-order chi connectivity index (χ1) is 8.43. The smallest absolute Gasteiger partial charge is 0.303 e. The van der Waals surface area contributed by atoms with Gasteiger partial charge in [-0.3, -0.25) is 9.10 Å². The first-order valence-corrected chi connectivity index (χ1v) is 7.28. The number of nitrogens with zero attached hydrogens (tertiary/aromatic N) is 1. The molecule has 6 heteroatoms. The van der Waals surface area contributed by atoms with E-state index in [0.717, 1.165) is 0 Å². The van der Waals surface area contributed by atoms with E-state index >= 15 is 0 Å². The summed E-state index contributed by atoms with van der Waals surface area (Å²) in [5, 5.41) is 8.47. The Balaban J connectivity index is 2.56. The van der Waals surface area contributed by atoms with Crippen molar-refractivity contribution >= 4 is 21.7 Å². The van der Waals surface area contributed by atoms with E-state index in [1.165, 1.54) is 11.4 Å². The van der Waals surface area contributed by atoms with Gasteiger partial charge in [0.15, 0.2) is 0 Å². The predicted octanol–water partition coefficient (Wildman–Crippen LogP) is 1.71. The van der Waals surface area contributed by atoms with Crippen molar-refractivity contribution in [2.45, 2.75) is 19.3 Å². The van der Waals surface area contributed by atoms with E-state index in [1.807, 2.05) is 6.07 Å². The highest BCUT2D eigenvalue weighted by Gasteiger charge is 2.17. The van der Waals surface area contributed by atoms with Crippen molar-refractivity contribution in [2.75, 3.05) is 17.1 Å². The largest absolute Gasteiger partial charge is 0.481 e. The monoisotopic (exact) mass is 271 g/mol. The van der Waals surface area contributed by atoms with Crippen LogP contribution >= 0.6 is 0 Å². The van der Waals surface area contributed by atoms with Crippen molar-refractivity contribution in [1.82, 2.24) is 0 Å². The molecule has 0 aliphatic heterocycles. The van der Waals surface area contributed by atoms with E-state index in [9.17, 15) is 13.2 Å². The van der Waals surface area contributed by atoms with Crippen LogP contribution in [0.3, 0.4) is 0 Å². The van der Waals surface area contributed by atoms with Crippen molar-refractivity contribution in [2.24, 2.45) is 0 Å². The molecule has 0 unspecified atom stereocenters. The summed E-state index contributed by atoms with van der Waals surface area (Å²) < 4.78 is 25.1. The number of carboxylic acids is 1. The molecule has 1 aromatic rings. The first kappa shape index (κ1) is 14.5. The van der Waals surface area contributed by atoms with Crippen LogP contribution in [0.15, 0.2) is 30.3 Å². The second kappa shape index (κ2) is 6.39. The van der Waals surface area contributed by atoms with Gasteiger partial charge in [-0.15, -0.1) is 0 Å². The molecule has 0 heterocycles. The highest BCUT2D eigenvalue weighted by atomic mass is 32.2. The van der Waals surface area contributed by atoms with Gasteiger partial charge >= 0.3 is 5.97 Å². The number of carbonyl (C=O) groups is 1. The lowest BCUT2D eigenvalue weighted by molar-refractivity contribution is -0.137. The van der Waals surface area contributed by atoms with E-state index in [4.69, 9.17) is 5.11 Å². The zero-order valence-corrected chi connectivity index (χ0v) is 11.1. The fourth-order valence-corrected chi connectivity index (χ4v) is 2.78. The molecule has 0 aliphatic rings. The van der Waals surface area contributed by atoms with E-state index in [0.29, 0.717) is 18.5 Å². The van der Waals surface area contributed by atoms with Crippen LogP contribution in [0.1, 0.15) is 19.3 Å². The third-order valence-corrected chi connectivity index (χ3v) is 4.43. The minimum Gasteiger partial charge on any atom is -0.481 e. The van der Waals surface area contributed by atoms with Crippen LogP contribution in [-0.2, 0) is 14.8 Å². The number of unbranched alkanes of at least 4 members (excludes halogenated alkanes) is 1. The summed E-state index contributed by atoms with van der Waals surface area (Å²) in [7, 11) is -1.87. The second-order valence-electron chi connectivity index (χ2n) is 3.97. The van der Waals surface area contributed by atoms with Gasteiger partial charge in [-0.1, -0.05) is 18.2 Å². The van der Waals surface area contributed by atoms with Crippen molar-refractivity contribution in [3.05, 3.63) is 30.3 Å². The normalized spacial score (nSPS) is 11.2. The molecule has 0 amide bonds. The summed E-state index contributed by atoms with van der Waals surface area (Å²) in [4.78, 5) is 10.3. The lowest BCUT2D eigenvalue weighted by Crippen LogP contribution is -2.29. The van der Waals surface area contributed by atoms with Gasteiger partial charge in [0.25, 0.3) is 0 Å². The Morgan fingerprint density at radius 3 is 2.39 bits per heavy atom. The molecule has 5 nitrogen and oxygen atoms in total. The van der Waals surface area contributed by atoms with E-state index in [1.54, 1.807) is 24.3 Å². The maximum Gasteiger partial charge on any atom is 0.303 e. The third-order valence-electron chi connectivity index (χ3n) is 2.58. The van der Waals surface area contributed by atoms with Crippen LogP contribution in [0.25, 0.3) is 0 Å². The number of aliphatic carboxylic acids is 1. The van der Waals surface area contributed by atoms with Crippen molar-refractivity contribution in [3.63, 3.8) is 0 Å². The Morgan fingerprint density at radius 1 is 1.22 bits per heavy atom. The maximum absolute atomic E-state index is 12.0. The molecule has 0 saturated heterocycles. The molecule has 0 atom stereocenters. The van der Waals surface area contributed by atoms with Gasteiger partial charge in [-0.25, -0.2) is 8.42 Å². The molecule has 0 bridgehead atoms. The van der Waals surface area contributed by atoms with Gasteiger partial charge < -0.3 is 5.11 Å². The lowest BCUT2D eigenvalue weighted by Gasteiger charge is -2.19. The maximum atomic E-state index is 12.0. The number of hydrogen-bond donors (Lipinski definition) is 1. The molecular weight excluding hydrogens is 254 g/mol. The zero-order chi connectivity index (χ0) is 13.6. The Kier molecular flexibility index (Phi) is 5.15. The first-order valence-electron chi connectivity index (χ1n) is 5.67. The van der Waals surface area contributed by atoms with Crippen LogP contribution < -0.4 is 4.31 Å². The molecule has 0 aromatic heterocycles. The van der Waals surface area contributed by atoms with Crippen LogP contribution in [0, 0.1) is 0 Å². The Bertz CT molecular complexity index is 484.